The third kappa shape index (κ3) is 3.60. The largest absolute Gasteiger partial charge is 0.504 e. The molecular formula is C23H19N3O4S. The number of hydrogen-bond acceptors (Lipinski definition) is 7. The fourth-order valence-corrected chi connectivity index (χ4v) is 4.75. The number of aromatic nitrogens is 2. The van der Waals surface area contributed by atoms with E-state index in [9.17, 15) is 15.0 Å². The van der Waals surface area contributed by atoms with E-state index in [1.165, 1.54) is 11.3 Å². The van der Waals surface area contributed by atoms with Crippen LogP contribution in [-0.2, 0) is 4.74 Å². The molecule has 2 aromatic heterocycles. The molecule has 31 heavy (non-hydrogen) atoms. The number of aromatic carboxylic acids is 1. The van der Waals surface area contributed by atoms with E-state index in [2.05, 4.69) is 14.9 Å². The molecular weight excluding hydrogens is 414 g/mol. The van der Waals surface area contributed by atoms with Crippen molar-refractivity contribution in [1.29, 1.82) is 0 Å². The Morgan fingerprint density at radius 3 is 2.35 bits per heavy atom. The molecule has 156 valence electrons. The first kappa shape index (κ1) is 19.5. The highest BCUT2D eigenvalue weighted by atomic mass is 32.1. The minimum Gasteiger partial charge on any atom is -0.504 e. The van der Waals surface area contributed by atoms with Crippen LogP contribution in [0.25, 0.3) is 32.0 Å². The van der Waals surface area contributed by atoms with Gasteiger partial charge in [-0.05, 0) is 12.1 Å². The molecule has 1 aliphatic heterocycles. The maximum absolute atomic E-state index is 11.7. The number of nitrogens with zero attached hydrogens (tertiary/aromatic N) is 3. The molecule has 4 aromatic rings. The SMILES string of the molecule is O=C(O)c1nc(-c2ccc(N3CCOCC3)cc2)c2sc(-c3ccccc3)nc2c1O. The summed E-state index contributed by atoms with van der Waals surface area (Å²) in [6.07, 6.45) is 0. The fourth-order valence-electron chi connectivity index (χ4n) is 3.67. The average molecular weight is 433 g/mol. The molecule has 1 fully saturated rings. The summed E-state index contributed by atoms with van der Waals surface area (Å²) in [5, 5.41) is 20.8. The minimum atomic E-state index is -1.29. The first-order valence-corrected chi connectivity index (χ1v) is 10.7. The second-order valence-electron chi connectivity index (χ2n) is 7.17. The van der Waals surface area contributed by atoms with Gasteiger partial charge in [-0.2, -0.15) is 0 Å². The Kier molecular flexibility index (Phi) is 5.01. The second-order valence-corrected chi connectivity index (χ2v) is 8.17. The zero-order valence-corrected chi connectivity index (χ0v) is 17.3. The highest BCUT2D eigenvalue weighted by molar-refractivity contribution is 7.22. The Bertz CT molecular complexity index is 1250. The summed E-state index contributed by atoms with van der Waals surface area (Å²) in [7, 11) is 0. The number of carboxylic acid groups (broad SMARTS) is 1. The van der Waals surface area contributed by atoms with Gasteiger partial charge in [0.1, 0.15) is 10.5 Å². The number of thiazole rings is 1. The lowest BCUT2D eigenvalue weighted by Crippen LogP contribution is -2.36. The quantitative estimate of drug-likeness (QED) is 0.496. The van der Waals surface area contributed by atoms with Gasteiger partial charge in [0.05, 0.1) is 23.6 Å². The van der Waals surface area contributed by atoms with E-state index in [1.807, 2.05) is 54.6 Å². The van der Waals surface area contributed by atoms with Crippen LogP contribution in [-0.4, -0.2) is 52.5 Å². The van der Waals surface area contributed by atoms with Gasteiger partial charge in [-0.3, -0.25) is 0 Å². The smallest absolute Gasteiger partial charge is 0.358 e. The summed E-state index contributed by atoms with van der Waals surface area (Å²) < 4.78 is 6.06. The van der Waals surface area contributed by atoms with Gasteiger partial charge in [0.2, 0.25) is 0 Å². The highest BCUT2D eigenvalue weighted by Gasteiger charge is 2.23. The van der Waals surface area contributed by atoms with Gasteiger partial charge in [-0.1, -0.05) is 42.5 Å². The number of pyridine rings is 1. The van der Waals surface area contributed by atoms with Gasteiger partial charge in [0.25, 0.3) is 0 Å². The van der Waals surface area contributed by atoms with Crippen molar-refractivity contribution in [3.8, 4) is 27.6 Å². The lowest BCUT2D eigenvalue weighted by molar-refractivity contribution is 0.0687. The van der Waals surface area contributed by atoms with Gasteiger partial charge in [0, 0.05) is 29.9 Å². The maximum Gasteiger partial charge on any atom is 0.358 e. The number of fused-ring (bicyclic) bond motifs is 1. The van der Waals surface area contributed by atoms with Crippen LogP contribution < -0.4 is 4.90 Å². The summed E-state index contributed by atoms with van der Waals surface area (Å²) in [6.45, 7) is 3.07. The van der Waals surface area contributed by atoms with Crippen LogP contribution in [0, 0.1) is 0 Å². The van der Waals surface area contributed by atoms with Gasteiger partial charge in [0.15, 0.2) is 11.4 Å². The molecule has 2 aromatic carbocycles. The van der Waals surface area contributed by atoms with Crippen molar-refractivity contribution in [3.05, 3.63) is 60.3 Å². The van der Waals surface area contributed by atoms with Crippen molar-refractivity contribution in [3.63, 3.8) is 0 Å². The van der Waals surface area contributed by atoms with Crippen molar-refractivity contribution < 1.29 is 19.7 Å². The molecule has 0 bridgehead atoms. The monoisotopic (exact) mass is 433 g/mol. The predicted molar refractivity (Wildman–Crippen MR) is 120 cm³/mol. The van der Waals surface area contributed by atoms with Crippen LogP contribution in [0.4, 0.5) is 5.69 Å². The maximum atomic E-state index is 11.7. The van der Waals surface area contributed by atoms with Crippen LogP contribution in [0.1, 0.15) is 10.5 Å². The number of rotatable bonds is 4. The molecule has 0 saturated carbocycles. The number of carboxylic acids is 1. The molecule has 0 spiro atoms. The third-order valence-electron chi connectivity index (χ3n) is 5.25. The predicted octanol–water partition coefficient (Wildman–Crippen LogP) is 4.27. The molecule has 0 radical (unpaired) electrons. The molecule has 0 unspecified atom stereocenters. The third-order valence-corrected chi connectivity index (χ3v) is 6.37. The molecule has 0 aliphatic carbocycles. The van der Waals surface area contributed by atoms with E-state index in [4.69, 9.17) is 4.74 Å². The standard InChI is InChI=1S/C23H19N3O4S/c27-20-18-21(31-22(25-18)15-4-2-1-3-5-15)17(24-19(20)23(28)29)14-6-8-16(9-7-14)26-10-12-30-13-11-26/h1-9,27H,10-13H2,(H,28,29). The molecule has 0 atom stereocenters. The van der Waals surface area contributed by atoms with E-state index in [0.29, 0.717) is 28.6 Å². The fraction of sp³-hybridized carbons (Fsp3) is 0.174. The van der Waals surface area contributed by atoms with Gasteiger partial charge < -0.3 is 19.8 Å². The Balaban J connectivity index is 1.64. The van der Waals surface area contributed by atoms with Crippen LogP contribution in [0.2, 0.25) is 0 Å². The van der Waals surface area contributed by atoms with Gasteiger partial charge in [-0.25, -0.2) is 14.8 Å². The number of morpholine rings is 1. The van der Waals surface area contributed by atoms with Crippen molar-refractivity contribution in [2.45, 2.75) is 0 Å². The lowest BCUT2D eigenvalue weighted by atomic mass is 10.1. The Morgan fingerprint density at radius 1 is 0.968 bits per heavy atom. The van der Waals surface area contributed by atoms with Crippen molar-refractivity contribution in [2.75, 3.05) is 31.2 Å². The summed E-state index contributed by atoms with van der Waals surface area (Å²) in [5.74, 6) is -1.70. The summed E-state index contributed by atoms with van der Waals surface area (Å²) in [5.41, 5.74) is 3.10. The van der Waals surface area contributed by atoms with E-state index in [0.717, 1.165) is 29.9 Å². The minimum absolute atomic E-state index is 0.253. The van der Waals surface area contributed by atoms with E-state index < -0.39 is 17.4 Å². The van der Waals surface area contributed by atoms with Crippen molar-refractivity contribution >= 4 is 33.2 Å². The molecule has 1 aliphatic rings. The first-order valence-electron chi connectivity index (χ1n) is 9.87. The molecule has 7 nitrogen and oxygen atoms in total. The zero-order valence-electron chi connectivity index (χ0n) is 16.5. The molecule has 8 heteroatoms. The first-order chi connectivity index (χ1) is 15.1. The number of benzene rings is 2. The molecule has 3 heterocycles. The van der Waals surface area contributed by atoms with E-state index in [-0.39, 0.29) is 5.52 Å². The highest BCUT2D eigenvalue weighted by Crippen LogP contribution is 2.41. The van der Waals surface area contributed by atoms with E-state index >= 15 is 0 Å². The van der Waals surface area contributed by atoms with E-state index in [1.54, 1.807) is 0 Å². The Labute approximate surface area is 182 Å². The van der Waals surface area contributed by atoms with Crippen LogP contribution >= 0.6 is 11.3 Å². The zero-order chi connectivity index (χ0) is 21.4. The average Bonchev–Trinajstić information content (AvgIpc) is 3.27. The van der Waals surface area contributed by atoms with Crippen LogP contribution in [0.3, 0.4) is 0 Å². The second kappa shape index (κ2) is 7.98. The van der Waals surface area contributed by atoms with Crippen molar-refractivity contribution in [1.82, 2.24) is 9.97 Å². The number of anilines is 1. The molecule has 0 amide bonds. The van der Waals surface area contributed by atoms with Gasteiger partial charge in [-0.15, -0.1) is 11.3 Å². The number of carbonyl (C=O) groups is 1. The Morgan fingerprint density at radius 2 is 1.68 bits per heavy atom. The van der Waals surface area contributed by atoms with Gasteiger partial charge >= 0.3 is 5.97 Å². The Hall–Kier alpha value is -3.49. The van der Waals surface area contributed by atoms with Crippen LogP contribution in [0.15, 0.2) is 54.6 Å². The summed E-state index contributed by atoms with van der Waals surface area (Å²) in [6, 6.07) is 17.4. The molecule has 5 rings (SSSR count). The molecule has 2 N–H and O–H groups in total. The summed E-state index contributed by atoms with van der Waals surface area (Å²) >= 11 is 1.39. The lowest BCUT2D eigenvalue weighted by Gasteiger charge is -2.28. The molecule has 1 saturated heterocycles. The normalized spacial score (nSPS) is 14.1. The topological polar surface area (TPSA) is 95.8 Å². The summed E-state index contributed by atoms with van der Waals surface area (Å²) in [4.78, 5) is 22.8. The van der Waals surface area contributed by atoms with Crippen molar-refractivity contribution in [2.24, 2.45) is 0 Å². The number of hydrogen-bond donors (Lipinski definition) is 2. The number of aromatic hydroxyl groups is 1. The van der Waals surface area contributed by atoms with Crippen LogP contribution in [0.5, 0.6) is 5.75 Å². The number of ether oxygens (including phenoxy) is 1.